The van der Waals surface area contributed by atoms with Gasteiger partial charge in [0.25, 0.3) is 0 Å². The fourth-order valence-corrected chi connectivity index (χ4v) is 1.83. The normalized spacial score (nSPS) is 14.2. The van der Waals surface area contributed by atoms with Crippen molar-refractivity contribution in [1.82, 2.24) is 5.32 Å². The molecule has 2 atom stereocenters. The molecule has 4 nitrogen and oxygen atoms in total. The Hall–Kier alpha value is -0.520. The molecule has 1 rings (SSSR count). The first-order valence-corrected chi connectivity index (χ1v) is 6.77. The largest absolute Gasteiger partial charge is 0.489 e. The topological polar surface area (TPSA) is 50.7 Å². The molecule has 0 saturated carbocycles. The minimum absolute atomic E-state index is 0.146. The van der Waals surface area contributed by atoms with Crippen LogP contribution in [0.3, 0.4) is 0 Å². The number of benzene rings is 1. The van der Waals surface area contributed by atoms with Gasteiger partial charge in [0.1, 0.15) is 23.5 Å². The average molecular weight is 308 g/mol. The number of aliphatic hydroxyl groups excluding tert-OH is 1. The first-order valence-electron chi connectivity index (χ1n) is 6.01. The summed E-state index contributed by atoms with van der Waals surface area (Å²) in [6.45, 7) is 3.13. The predicted molar refractivity (Wildman–Crippen MR) is 77.3 cm³/mol. The maximum Gasteiger partial charge on any atom is 0.139 e. The summed E-state index contributed by atoms with van der Waals surface area (Å²) in [5, 5.41) is 13.7. The zero-order valence-electron chi connectivity index (χ0n) is 11.0. The Balaban J connectivity index is 2.33. The maximum atomic E-state index is 9.78. The molecule has 19 heavy (non-hydrogen) atoms. The van der Waals surface area contributed by atoms with Crippen molar-refractivity contribution in [2.45, 2.75) is 19.1 Å². The molecule has 0 spiro atoms. The summed E-state index contributed by atoms with van der Waals surface area (Å²) in [4.78, 5) is 0. The van der Waals surface area contributed by atoms with Gasteiger partial charge in [-0.2, -0.15) is 0 Å². The molecule has 2 N–H and O–H groups in total. The minimum atomic E-state index is -0.630. The molecule has 0 aliphatic heterocycles. The molecule has 0 bridgehead atoms. The van der Waals surface area contributed by atoms with Crippen LogP contribution in [-0.2, 0) is 4.74 Å². The third kappa shape index (κ3) is 5.97. The van der Waals surface area contributed by atoms with Crippen molar-refractivity contribution >= 4 is 23.2 Å². The molecule has 0 aliphatic rings. The van der Waals surface area contributed by atoms with E-state index in [2.05, 4.69) is 5.32 Å². The van der Waals surface area contributed by atoms with Crippen LogP contribution in [0.15, 0.2) is 18.2 Å². The van der Waals surface area contributed by atoms with Gasteiger partial charge in [-0.15, -0.1) is 0 Å². The summed E-state index contributed by atoms with van der Waals surface area (Å²) >= 11 is 11.8. The molecule has 6 heteroatoms. The van der Waals surface area contributed by atoms with E-state index in [0.29, 0.717) is 28.9 Å². The Bertz CT molecular complexity index is 390. The van der Waals surface area contributed by atoms with E-state index in [0.717, 1.165) is 0 Å². The number of halogens is 2. The number of rotatable bonds is 8. The summed E-state index contributed by atoms with van der Waals surface area (Å²) < 4.78 is 10.4. The quantitative estimate of drug-likeness (QED) is 0.774. The predicted octanol–water partition coefficient (Wildman–Crippen LogP) is 2.36. The lowest BCUT2D eigenvalue weighted by atomic mass is 10.3. The van der Waals surface area contributed by atoms with E-state index in [1.807, 2.05) is 6.92 Å². The number of methoxy groups -OCH3 is 1. The van der Waals surface area contributed by atoms with Gasteiger partial charge < -0.3 is 19.9 Å². The van der Waals surface area contributed by atoms with Crippen molar-refractivity contribution < 1.29 is 14.6 Å². The molecule has 0 heterocycles. The van der Waals surface area contributed by atoms with Crippen LogP contribution in [0.25, 0.3) is 0 Å². The molecule has 108 valence electrons. The highest BCUT2D eigenvalue weighted by Crippen LogP contribution is 2.31. The molecule has 0 aromatic heterocycles. The fraction of sp³-hybridized carbons (Fsp3) is 0.538. The highest BCUT2D eigenvalue weighted by atomic mass is 35.5. The molecule has 0 aliphatic carbocycles. The van der Waals surface area contributed by atoms with Crippen LogP contribution >= 0.6 is 23.2 Å². The van der Waals surface area contributed by atoms with E-state index in [1.165, 1.54) is 0 Å². The second-order valence-corrected chi connectivity index (χ2v) is 5.07. The zero-order chi connectivity index (χ0) is 14.3. The van der Waals surface area contributed by atoms with Crippen LogP contribution in [0.1, 0.15) is 6.92 Å². The van der Waals surface area contributed by atoms with Crippen LogP contribution in [0.5, 0.6) is 5.75 Å². The van der Waals surface area contributed by atoms with Gasteiger partial charge in [0.2, 0.25) is 0 Å². The van der Waals surface area contributed by atoms with E-state index >= 15 is 0 Å². The summed E-state index contributed by atoms with van der Waals surface area (Å²) in [5.41, 5.74) is 0. The number of hydrogen-bond acceptors (Lipinski definition) is 4. The Morgan fingerprint density at radius 3 is 2.74 bits per heavy atom. The van der Waals surface area contributed by atoms with Gasteiger partial charge in [0, 0.05) is 19.7 Å². The van der Waals surface area contributed by atoms with E-state index in [9.17, 15) is 5.11 Å². The Morgan fingerprint density at radius 2 is 2.05 bits per heavy atom. The summed E-state index contributed by atoms with van der Waals surface area (Å²) in [6, 6.07) is 5.31. The van der Waals surface area contributed by atoms with Gasteiger partial charge in [-0.25, -0.2) is 0 Å². The van der Waals surface area contributed by atoms with Crippen molar-refractivity contribution in [2.24, 2.45) is 0 Å². The maximum absolute atomic E-state index is 9.78. The molecule has 0 amide bonds. The third-order valence-corrected chi connectivity index (χ3v) is 3.27. The summed E-state index contributed by atoms with van der Waals surface area (Å²) in [7, 11) is 1.64. The van der Waals surface area contributed by atoms with Crippen LogP contribution in [0, 0.1) is 0 Å². The molecular formula is C13H19Cl2NO3. The molecule has 1 aromatic rings. The zero-order valence-corrected chi connectivity index (χ0v) is 12.5. The first-order chi connectivity index (χ1) is 9.04. The number of nitrogens with one attached hydrogen (secondary N) is 1. The van der Waals surface area contributed by atoms with E-state index < -0.39 is 6.10 Å². The van der Waals surface area contributed by atoms with Crippen molar-refractivity contribution in [3.63, 3.8) is 0 Å². The van der Waals surface area contributed by atoms with E-state index in [4.69, 9.17) is 32.7 Å². The van der Waals surface area contributed by atoms with Gasteiger partial charge in [-0.3, -0.25) is 0 Å². The van der Waals surface area contributed by atoms with Crippen molar-refractivity contribution in [2.75, 3.05) is 26.9 Å². The molecule has 0 fully saturated rings. The van der Waals surface area contributed by atoms with Crippen LogP contribution in [-0.4, -0.2) is 44.1 Å². The lowest BCUT2D eigenvalue weighted by Crippen LogP contribution is -2.38. The van der Waals surface area contributed by atoms with Crippen LogP contribution in [0.4, 0.5) is 0 Å². The lowest BCUT2D eigenvalue weighted by Gasteiger charge is -2.17. The van der Waals surface area contributed by atoms with Gasteiger partial charge in [-0.05, 0) is 19.1 Å². The van der Waals surface area contributed by atoms with Crippen molar-refractivity contribution in [3.8, 4) is 5.75 Å². The van der Waals surface area contributed by atoms with Gasteiger partial charge in [0.15, 0.2) is 0 Å². The number of ether oxygens (including phenoxy) is 2. The minimum Gasteiger partial charge on any atom is -0.489 e. The van der Waals surface area contributed by atoms with E-state index in [-0.39, 0.29) is 12.6 Å². The molecular weight excluding hydrogens is 289 g/mol. The highest BCUT2D eigenvalue weighted by Gasteiger charge is 2.10. The SMILES string of the molecule is COCC(C)NCC(O)COc1cccc(Cl)c1Cl. The smallest absolute Gasteiger partial charge is 0.139 e. The average Bonchev–Trinajstić information content (AvgIpc) is 2.38. The Kier molecular flexibility index (Phi) is 7.49. The van der Waals surface area contributed by atoms with Crippen LogP contribution in [0.2, 0.25) is 10.0 Å². The number of hydrogen-bond donors (Lipinski definition) is 2. The van der Waals surface area contributed by atoms with Crippen LogP contribution < -0.4 is 10.1 Å². The highest BCUT2D eigenvalue weighted by molar-refractivity contribution is 6.42. The second kappa shape index (κ2) is 8.61. The monoisotopic (exact) mass is 307 g/mol. The lowest BCUT2D eigenvalue weighted by molar-refractivity contribution is 0.0973. The Morgan fingerprint density at radius 1 is 1.32 bits per heavy atom. The van der Waals surface area contributed by atoms with Crippen molar-refractivity contribution in [3.05, 3.63) is 28.2 Å². The Labute approximate surface area is 123 Å². The second-order valence-electron chi connectivity index (χ2n) is 4.28. The first kappa shape index (κ1) is 16.5. The van der Waals surface area contributed by atoms with Crippen molar-refractivity contribution in [1.29, 1.82) is 0 Å². The molecule has 0 radical (unpaired) electrons. The third-order valence-electron chi connectivity index (χ3n) is 2.47. The van der Waals surface area contributed by atoms with Gasteiger partial charge in [-0.1, -0.05) is 29.3 Å². The number of aliphatic hydroxyl groups is 1. The fourth-order valence-electron chi connectivity index (χ4n) is 1.49. The van der Waals surface area contributed by atoms with Gasteiger partial charge >= 0.3 is 0 Å². The summed E-state index contributed by atoms with van der Waals surface area (Å²) in [6.07, 6.45) is -0.630. The summed E-state index contributed by atoms with van der Waals surface area (Å²) in [5.74, 6) is 0.471. The molecule has 0 saturated heterocycles. The molecule has 2 unspecified atom stereocenters. The van der Waals surface area contributed by atoms with E-state index in [1.54, 1.807) is 25.3 Å². The standard InChI is InChI=1S/C13H19Cl2NO3/c1-9(7-18-2)16-6-10(17)8-19-12-5-3-4-11(14)13(12)15/h3-5,9-10,16-17H,6-8H2,1-2H3. The molecule has 1 aromatic carbocycles. The van der Waals surface area contributed by atoms with Gasteiger partial charge in [0.05, 0.1) is 11.6 Å².